The van der Waals surface area contributed by atoms with Crippen molar-refractivity contribution in [3.63, 3.8) is 0 Å². The molecule has 0 aliphatic rings. The van der Waals surface area contributed by atoms with Gasteiger partial charge in [0.1, 0.15) is 5.75 Å². The number of aromatic hydroxyl groups is 1. The molecular weight excluding hydrogens is 244 g/mol. The summed E-state index contributed by atoms with van der Waals surface area (Å²) in [5.74, 6) is -0.234. The number of anilines is 2. The maximum Gasteiger partial charge on any atom is 0.294 e. The van der Waals surface area contributed by atoms with E-state index in [1.54, 1.807) is 0 Å². The van der Waals surface area contributed by atoms with Crippen LogP contribution < -0.4 is 11.5 Å². The lowest BCUT2D eigenvalue weighted by Gasteiger charge is -2.08. The standard InChI is InChI=1S/C10H10N2O4S/c11-9-7-2-1-6(17(14,15)16)3-5(7)4-8(13)10(9)12/h1-4,13H,11-12H2,(H,14,15,16). The highest BCUT2D eigenvalue weighted by molar-refractivity contribution is 7.85. The Morgan fingerprint density at radius 1 is 1.06 bits per heavy atom. The van der Waals surface area contributed by atoms with Crippen molar-refractivity contribution in [3.05, 3.63) is 24.3 Å². The topological polar surface area (TPSA) is 127 Å². The van der Waals surface area contributed by atoms with Crippen LogP contribution in [0.1, 0.15) is 0 Å². The van der Waals surface area contributed by atoms with Gasteiger partial charge in [0.05, 0.1) is 16.3 Å². The van der Waals surface area contributed by atoms with Crippen LogP contribution in [0.2, 0.25) is 0 Å². The van der Waals surface area contributed by atoms with Crippen LogP contribution in [0.3, 0.4) is 0 Å². The second kappa shape index (κ2) is 3.51. The molecule has 0 aromatic heterocycles. The number of hydrogen-bond acceptors (Lipinski definition) is 5. The number of phenolic OH excluding ortho intramolecular Hbond substituents is 1. The van der Waals surface area contributed by atoms with Crippen molar-refractivity contribution in [1.29, 1.82) is 0 Å². The molecule has 0 unspecified atom stereocenters. The lowest BCUT2D eigenvalue weighted by Crippen LogP contribution is -1.99. The van der Waals surface area contributed by atoms with Gasteiger partial charge >= 0.3 is 0 Å². The molecule has 0 fully saturated rings. The van der Waals surface area contributed by atoms with Gasteiger partial charge in [-0.3, -0.25) is 4.55 Å². The van der Waals surface area contributed by atoms with Crippen molar-refractivity contribution in [2.45, 2.75) is 4.90 Å². The largest absolute Gasteiger partial charge is 0.506 e. The molecule has 0 atom stereocenters. The van der Waals surface area contributed by atoms with E-state index in [1.165, 1.54) is 24.3 Å². The molecule has 2 rings (SSSR count). The SMILES string of the molecule is Nc1c(O)cc2cc(S(=O)(=O)O)ccc2c1N. The summed E-state index contributed by atoms with van der Waals surface area (Å²) in [6.07, 6.45) is 0. The monoisotopic (exact) mass is 254 g/mol. The second-order valence-corrected chi connectivity index (χ2v) is 5.00. The van der Waals surface area contributed by atoms with E-state index >= 15 is 0 Å². The van der Waals surface area contributed by atoms with Crippen molar-refractivity contribution in [3.8, 4) is 5.75 Å². The number of benzene rings is 2. The fourth-order valence-corrected chi connectivity index (χ4v) is 2.09. The lowest BCUT2D eigenvalue weighted by atomic mass is 10.1. The van der Waals surface area contributed by atoms with E-state index in [2.05, 4.69) is 0 Å². The van der Waals surface area contributed by atoms with Gasteiger partial charge in [-0.2, -0.15) is 8.42 Å². The highest BCUT2D eigenvalue weighted by Crippen LogP contribution is 2.35. The van der Waals surface area contributed by atoms with Gasteiger partial charge in [0.25, 0.3) is 10.1 Å². The van der Waals surface area contributed by atoms with Gasteiger partial charge < -0.3 is 16.6 Å². The maximum absolute atomic E-state index is 11.0. The normalized spacial score (nSPS) is 11.8. The summed E-state index contributed by atoms with van der Waals surface area (Å²) >= 11 is 0. The summed E-state index contributed by atoms with van der Waals surface area (Å²) in [4.78, 5) is -0.270. The summed E-state index contributed by atoms with van der Waals surface area (Å²) in [6.45, 7) is 0. The molecule has 17 heavy (non-hydrogen) atoms. The Hall–Kier alpha value is -1.99. The van der Waals surface area contributed by atoms with Gasteiger partial charge in [-0.1, -0.05) is 6.07 Å². The molecule has 2 aromatic rings. The molecule has 0 heterocycles. The minimum absolute atomic E-state index is 0.0390. The summed E-state index contributed by atoms with van der Waals surface area (Å²) in [5.41, 5.74) is 11.4. The minimum atomic E-state index is -4.28. The first-order valence-corrected chi connectivity index (χ1v) is 6.03. The van der Waals surface area contributed by atoms with E-state index in [9.17, 15) is 13.5 Å². The summed E-state index contributed by atoms with van der Waals surface area (Å²) in [5, 5.41) is 10.4. The van der Waals surface area contributed by atoms with Gasteiger partial charge in [0.2, 0.25) is 0 Å². The first-order valence-electron chi connectivity index (χ1n) is 4.59. The minimum Gasteiger partial charge on any atom is -0.506 e. The predicted octanol–water partition coefficient (Wildman–Crippen LogP) is 0.956. The van der Waals surface area contributed by atoms with Crippen molar-refractivity contribution >= 4 is 32.3 Å². The van der Waals surface area contributed by atoms with Crippen LogP contribution in [-0.4, -0.2) is 18.1 Å². The van der Waals surface area contributed by atoms with Gasteiger partial charge in [-0.05, 0) is 23.6 Å². The smallest absolute Gasteiger partial charge is 0.294 e. The zero-order valence-electron chi connectivity index (χ0n) is 8.58. The molecule has 0 aliphatic carbocycles. The van der Waals surface area contributed by atoms with Crippen LogP contribution in [-0.2, 0) is 10.1 Å². The molecular formula is C10H10N2O4S. The lowest BCUT2D eigenvalue weighted by molar-refractivity contribution is 0.478. The summed E-state index contributed by atoms with van der Waals surface area (Å²) in [6, 6.07) is 5.13. The van der Waals surface area contributed by atoms with Crippen molar-refractivity contribution in [1.82, 2.24) is 0 Å². The fourth-order valence-electron chi connectivity index (χ4n) is 1.57. The Kier molecular flexibility index (Phi) is 2.37. The number of nitrogen functional groups attached to an aromatic ring is 2. The number of rotatable bonds is 1. The summed E-state index contributed by atoms with van der Waals surface area (Å²) < 4.78 is 30.8. The van der Waals surface area contributed by atoms with Gasteiger partial charge in [-0.25, -0.2) is 0 Å². The average molecular weight is 254 g/mol. The van der Waals surface area contributed by atoms with Gasteiger partial charge in [0.15, 0.2) is 0 Å². The number of nitrogens with two attached hydrogens (primary N) is 2. The molecule has 0 saturated heterocycles. The molecule has 0 spiro atoms. The van der Waals surface area contributed by atoms with Crippen LogP contribution >= 0.6 is 0 Å². The number of hydrogen-bond donors (Lipinski definition) is 4. The molecule has 2 aromatic carbocycles. The number of phenols is 1. The Balaban J connectivity index is 2.85. The van der Waals surface area contributed by atoms with E-state index in [0.717, 1.165) is 0 Å². The molecule has 0 radical (unpaired) electrons. The van der Waals surface area contributed by atoms with E-state index in [1.807, 2.05) is 0 Å². The van der Waals surface area contributed by atoms with Crippen LogP contribution in [0.4, 0.5) is 11.4 Å². The first kappa shape index (κ1) is 11.5. The van der Waals surface area contributed by atoms with Crippen LogP contribution in [0.5, 0.6) is 5.75 Å². The Labute approximate surface area is 97.2 Å². The zero-order valence-corrected chi connectivity index (χ0v) is 9.40. The fraction of sp³-hybridized carbons (Fsp3) is 0. The molecule has 90 valence electrons. The molecule has 7 heteroatoms. The maximum atomic E-state index is 11.0. The Bertz CT molecular complexity index is 710. The van der Waals surface area contributed by atoms with Crippen molar-refractivity contribution < 1.29 is 18.1 Å². The van der Waals surface area contributed by atoms with Crippen LogP contribution in [0.25, 0.3) is 10.8 Å². The third kappa shape index (κ3) is 1.85. The molecule has 0 aliphatic heterocycles. The van der Waals surface area contributed by atoms with E-state index in [0.29, 0.717) is 10.8 Å². The predicted molar refractivity (Wildman–Crippen MR) is 64.3 cm³/mol. The van der Waals surface area contributed by atoms with E-state index in [4.69, 9.17) is 16.0 Å². The van der Waals surface area contributed by atoms with Gasteiger partial charge in [-0.15, -0.1) is 0 Å². The molecule has 0 saturated carbocycles. The third-order valence-electron chi connectivity index (χ3n) is 2.47. The van der Waals surface area contributed by atoms with Crippen molar-refractivity contribution in [2.24, 2.45) is 0 Å². The van der Waals surface area contributed by atoms with Gasteiger partial charge in [0, 0.05) is 5.39 Å². The van der Waals surface area contributed by atoms with E-state index in [-0.39, 0.29) is 22.0 Å². The highest BCUT2D eigenvalue weighted by Gasteiger charge is 2.13. The Morgan fingerprint density at radius 2 is 1.71 bits per heavy atom. The average Bonchev–Trinajstić information content (AvgIpc) is 2.24. The Morgan fingerprint density at radius 3 is 2.29 bits per heavy atom. The third-order valence-corrected chi connectivity index (χ3v) is 3.32. The quantitative estimate of drug-likeness (QED) is 0.341. The van der Waals surface area contributed by atoms with Crippen molar-refractivity contribution in [2.75, 3.05) is 11.5 Å². The number of fused-ring (bicyclic) bond motifs is 1. The van der Waals surface area contributed by atoms with Crippen LogP contribution in [0.15, 0.2) is 29.2 Å². The van der Waals surface area contributed by atoms with E-state index < -0.39 is 10.1 Å². The first-order chi connectivity index (χ1) is 7.80. The summed E-state index contributed by atoms with van der Waals surface area (Å²) in [7, 11) is -4.28. The molecule has 0 amide bonds. The molecule has 0 bridgehead atoms. The highest BCUT2D eigenvalue weighted by atomic mass is 32.2. The van der Waals surface area contributed by atoms with Crippen LogP contribution in [0, 0.1) is 0 Å². The zero-order chi connectivity index (χ0) is 12.8. The molecule has 6 nitrogen and oxygen atoms in total. The molecule has 6 N–H and O–H groups in total. The second-order valence-electron chi connectivity index (χ2n) is 3.58.